The summed E-state index contributed by atoms with van der Waals surface area (Å²) in [6.45, 7) is 3.43. The third-order valence-corrected chi connectivity index (χ3v) is 4.41. The van der Waals surface area contributed by atoms with Gasteiger partial charge in [0, 0.05) is 19.3 Å². The monoisotopic (exact) mass is 321 g/mol. The van der Waals surface area contributed by atoms with Crippen LogP contribution in [0.4, 0.5) is 0 Å². The first-order chi connectivity index (χ1) is 11.7. The zero-order chi connectivity index (χ0) is 16.9. The Labute approximate surface area is 142 Å². The molecule has 0 aliphatic heterocycles. The van der Waals surface area contributed by atoms with Gasteiger partial charge in [-0.15, -0.1) is 0 Å². The van der Waals surface area contributed by atoms with Crippen molar-refractivity contribution >= 4 is 0 Å². The van der Waals surface area contributed by atoms with Crippen molar-refractivity contribution in [1.29, 1.82) is 0 Å². The number of nitrogens with one attached hydrogen (secondary N) is 1. The van der Waals surface area contributed by atoms with E-state index < -0.39 is 0 Å². The third kappa shape index (κ3) is 3.34. The van der Waals surface area contributed by atoms with Gasteiger partial charge in [0.2, 0.25) is 0 Å². The maximum absolute atomic E-state index is 12.8. The van der Waals surface area contributed by atoms with Crippen molar-refractivity contribution in [3.05, 3.63) is 87.8 Å². The second-order valence-electron chi connectivity index (χ2n) is 5.95. The molecule has 0 saturated heterocycles. The largest absolute Gasteiger partial charge is 0.312 e. The van der Waals surface area contributed by atoms with Gasteiger partial charge in [-0.1, -0.05) is 48.5 Å². The molecule has 2 aromatic carbocycles. The normalized spacial score (nSPS) is 10.9. The first-order valence-corrected chi connectivity index (χ1v) is 8.26. The smallest absolute Gasteiger partial charge is 0.276 e. The summed E-state index contributed by atoms with van der Waals surface area (Å²) >= 11 is 0. The number of hydrogen-bond acceptors (Lipinski definition) is 2. The molecule has 4 heteroatoms. The maximum atomic E-state index is 12.8. The summed E-state index contributed by atoms with van der Waals surface area (Å²) in [5.74, 6) is 0. The highest BCUT2D eigenvalue weighted by atomic mass is 16.1. The lowest BCUT2D eigenvalue weighted by molar-refractivity contribution is 0.629. The van der Waals surface area contributed by atoms with Crippen molar-refractivity contribution < 1.29 is 0 Å². The lowest BCUT2D eigenvalue weighted by Crippen LogP contribution is -2.24. The first kappa shape index (κ1) is 16.3. The fraction of sp³-hybridized carbons (Fsp3) is 0.250. The van der Waals surface area contributed by atoms with E-state index in [1.807, 2.05) is 55.1 Å². The summed E-state index contributed by atoms with van der Waals surface area (Å²) in [6.07, 6.45) is 0.958. The summed E-state index contributed by atoms with van der Waals surface area (Å²) in [6, 6.07) is 20.1. The SMILES string of the molecule is Cc1c(CNCCc2ccccc2)c(=O)n(-c2ccccc2)n1C. The molecule has 3 rings (SSSR count). The molecule has 0 saturated carbocycles. The minimum Gasteiger partial charge on any atom is -0.312 e. The van der Waals surface area contributed by atoms with Gasteiger partial charge in [-0.25, -0.2) is 4.68 Å². The Morgan fingerprint density at radius 3 is 2.25 bits per heavy atom. The molecule has 1 aromatic heterocycles. The van der Waals surface area contributed by atoms with Crippen molar-refractivity contribution in [2.75, 3.05) is 6.54 Å². The van der Waals surface area contributed by atoms with Crippen LogP contribution >= 0.6 is 0 Å². The van der Waals surface area contributed by atoms with Crippen LogP contribution in [0.2, 0.25) is 0 Å². The van der Waals surface area contributed by atoms with Gasteiger partial charge >= 0.3 is 0 Å². The topological polar surface area (TPSA) is 39.0 Å². The molecule has 3 aromatic rings. The molecular formula is C20H23N3O. The molecule has 0 aliphatic carbocycles. The fourth-order valence-corrected chi connectivity index (χ4v) is 2.92. The summed E-state index contributed by atoms with van der Waals surface area (Å²) in [4.78, 5) is 12.8. The Hall–Kier alpha value is -2.59. The van der Waals surface area contributed by atoms with E-state index in [4.69, 9.17) is 0 Å². The summed E-state index contributed by atoms with van der Waals surface area (Å²) in [5, 5.41) is 3.40. The van der Waals surface area contributed by atoms with Gasteiger partial charge in [-0.05, 0) is 37.6 Å². The second-order valence-corrected chi connectivity index (χ2v) is 5.95. The highest BCUT2D eigenvalue weighted by Gasteiger charge is 2.15. The van der Waals surface area contributed by atoms with Gasteiger partial charge in [-0.2, -0.15) is 0 Å². The van der Waals surface area contributed by atoms with Gasteiger partial charge in [0.1, 0.15) is 0 Å². The molecule has 0 atom stereocenters. The third-order valence-electron chi connectivity index (χ3n) is 4.41. The van der Waals surface area contributed by atoms with E-state index in [0.717, 1.165) is 29.9 Å². The molecule has 24 heavy (non-hydrogen) atoms. The van der Waals surface area contributed by atoms with Crippen molar-refractivity contribution in [3.8, 4) is 5.69 Å². The Morgan fingerprint density at radius 1 is 0.958 bits per heavy atom. The molecule has 4 nitrogen and oxygen atoms in total. The van der Waals surface area contributed by atoms with E-state index in [1.54, 1.807) is 4.68 Å². The van der Waals surface area contributed by atoms with E-state index in [0.29, 0.717) is 6.54 Å². The minimum absolute atomic E-state index is 0.0495. The minimum atomic E-state index is 0.0495. The van der Waals surface area contributed by atoms with Crippen LogP contribution in [0.1, 0.15) is 16.8 Å². The van der Waals surface area contributed by atoms with Crippen molar-refractivity contribution in [2.45, 2.75) is 19.9 Å². The lowest BCUT2D eigenvalue weighted by atomic mass is 10.1. The quantitative estimate of drug-likeness (QED) is 0.709. The van der Waals surface area contributed by atoms with Crippen LogP contribution in [-0.4, -0.2) is 15.9 Å². The van der Waals surface area contributed by atoms with E-state index >= 15 is 0 Å². The van der Waals surface area contributed by atoms with Crippen molar-refractivity contribution in [3.63, 3.8) is 0 Å². The first-order valence-electron chi connectivity index (χ1n) is 8.26. The summed E-state index contributed by atoms with van der Waals surface area (Å²) in [5.41, 5.74) is 4.07. The Balaban J connectivity index is 1.72. The molecule has 1 heterocycles. The van der Waals surface area contributed by atoms with Crippen LogP contribution in [0.25, 0.3) is 5.69 Å². The number of aromatic nitrogens is 2. The Morgan fingerprint density at radius 2 is 1.58 bits per heavy atom. The van der Waals surface area contributed by atoms with Crippen LogP contribution in [0, 0.1) is 6.92 Å². The molecule has 124 valence electrons. The predicted molar refractivity (Wildman–Crippen MR) is 97.6 cm³/mol. The van der Waals surface area contributed by atoms with Crippen LogP contribution in [0.3, 0.4) is 0 Å². The molecule has 1 N–H and O–H groups in total. The number of rotatable bonds is 6. The molecule has 0 aliphatic rings. The summed E-state index contributed by atoms with van der Waals surface area (Å²) in [7, 11) is 1.93. The standard InChI is InChI=1S/C20H23N3O/c1-16-19(15-21-14-13-17-9-5-3-6-10-17)20(24)23(22(16)2)18-11-7-4-8-12-18/h3-12,21H,13-15H2,1-2H3. The number of benzene rings is 2. The average molecular weight is 321 g/mol. The molecule has 0 fully saturated rings. The molecule has 0 radical (unpaired) electrons. The molecule has 0 bridgehead atoms. The van der Waals surface area contributed by atoms with E-state index in [1.165, 1.54) is 5.56 Å². The van der Waals surface area contributed by atoms with Gasteiger partial charge < -0.3 is 5.32 Å². The van der Waals surface area contributed by atoms with E-state index in [2.05, 4.69) is 29.6 Å². The van der Waals surface area contributed by atoms with Crippen molar-refractivity contribution in [1.82, 2.24) is 14.7 Å². The second kappa shape index (κ2) is 7.32. The summed E-state index contributed by atoms with van der Waals surface area (Å²) < 4.78 is 3.65. The number of para-hydroxylation sites is 1. The van der Waals surface area contributed by atoms with Crippen molar-refractivity contribution in [2.24, 2.45) is 7.05 Å². The van der Waals surface area contributed by atoms with Crippen LogP contribution in [0.5, 0.6) is 0 Å². The van der Waals surface area contributed by atoms with Gasteiger partial charge in [-0.3, -0.25) is 9.48 Å². The van der Waals surface area contributed by atoms with Gasteiger partial charge in [0.15, 0.2) is 0 Å². The highest BCUT2D eigenvalue weighted by Crippen LogP contribution is 2.10. The fourth-order valence-electron chi connectivity index (χ4n) is 2.92. The number of hydrogen-bond donors (Lipinski definition) is 1. The average Bonchev–Trinajstić information content (AvgIpc) is 2.83. The Bertz CT molecular complexity index is 848. The predicted octanol–water partition coefficient (Wildman–Crippen LogP) is 2.82. The zero-order valence-electron chi connectivity index (χ0n) is 14.2. The van der Waals surface area contributed by atoms with Gasteiger partial charge in [0.05, 0.1) is 11.3 Å². The highest BCUT2D eigenvalue weighted by molar-refractivity contribution is 5.33. The molecule has 0 spiro atoms. The lowest BCUT2D eigenvalue weighted by Gasteiger charge is -2.07. The van der Waals surface area contributed by atoms with Gasteiger partial charge in [0.25, 0.3) is 5.56 Å². The van der Waals surface area contributed by atoms with E-state index in [9.17, 15) is 4.79 Å². The molecular weight excluding hydrogens is 298 g/mol. The number of nitrogens with zero attached hydrogens (tertiary/aromatic N) is 2. The molecule has 0 unspecified atom stereocenters. The van der Waals surface area contributed by atoms with Crippen LogP contribution in [0.15, 0.2) is 65.5 Å². The Kier molecular flexibility index (Phi) is 4.96. The maximum Gasteiger partial charge on any atom is 0.276 e. The zero-order valence-corrected chi connectivity index (χ0v) is 14.2. The van der Waals surface area contributed by atoms with Crippen LogP contribution < -0.4 is 10.9 Å². The molecule has 0 amide bonds. The van der Waals surface area contributed by atoms with Crippen LogP contribution in [-0.2, 0) is 20.0 Å². The van der Waals surface area contributed by atoms with E-state index in [-0.39, 0.29) is 5.56 Å².